The van der Waals surface area contributed by atoms with E-state index in [0.717, 1.165) is 10.8 Å². The van der Waals surface area contributed by atoms with Crippen molar-refractivity contribution in [3.8, 4) is 0 Å². The van der Waals surface area contributed by atoms with Crippen LogP contribution in [0.5, 0.6) is 0 Å². The van der Waals surface area contributed by atoms with E-state index < -0.39 is 0 Å². The minimum absolute atomic E-state index is 0.271. The number of hydrogen-bond donors (Lipinski definition) is 0. The second kappa shape index (κ2) is 2.64. The largest absolute Gasteiger partial charge is 0.441 e. The zero-order valence-electron chi connectivity index (χ0n) is 6.08. The fourth-order valence-corrected chi connectivity index (χ4v) is 1.41. The molecule has 1 aromatic carbocycles. The Bertz CT molecular complexity index is 431. The van der Waals surface area contributed by atoms with E-state index in [1.807, 2.05) is 18.2 Å². The van der Waals surface area contributed by atoms with E-state index in [0.29, 0.717) is 6.29 Å². The molecular weight excluding hydrogens is 176 g/mol. The van der Waals surface area contributed by atoms with Crippen LogP contribution in [0, 0.1) is 0 Å². The summed E-state index contributed by atoms with van der Waals surface area (Å²) in [5.41, 5.74) is 0. The minimum atomic E-state index is 0.271. The molecule has 2 nitrogen and oxygen atoms in total. The van der Waals surface area contributed by atoms with Crippen molar-refractivity contribution in [2.75, 3.05) is 0 Å². The highest BCUT2D eigenvalue weighted by Gasteiger charge is 2.08. The van der Waals surface area contributed by atoms with Gasteiger partial charge in [-0.15, -0.1) is 0 Å². The molecule has 0 spiro atoms. The van der Waals surface area contributed by atoms with E-state index in [1.54, 1.807) is 6.07 Å². The van der Waals surface area contributed by atoms with E-state index in [-0.39, 0.29) is 11.0 Å². The second-order valence-electron chi connectivity index (χ2n) is 2.40. The monoisotopic (exact) mass is 180 g/mol. The maximum absolute atomic E-state index is 10.5. The molecule has 0 aliphatic heterocycles. The first-order chi connectivity index (χ1) is 5.83. The van der Waals surface area contributed by atoms with Crippen molar-refractivity contribution in [2.24, 2.45) is 0 Å². The van der Waals surface area contributed by atoms with Crippen LogP contribution in [0.3, 0.4) is 0 Å². The number of halogens is 1. The molecule has 1 heterocycles. The lowest BCUT2D eigenvalue weighted by Crippen LogP contribution is -1.72. The van der Waals surface area contributed by atoms with E-state index in [9.17, 15) is 4.79 Å². The van der Waals surface area contributed by atoms with Gasteiger partial charge >= 0.3 is 0 Å². The third-order valence-electron chi connectivity index (χ3n) is 1.71. The number of carbonyl (C=O) groups is 1. The summed E-state index contributed by atoms with van der Waals surface area (Å²) < 4.78 is 5.01. The number of fused-ring (bicyclic) bond motifs is 1. The fourth-order valence-electron chi connectivity index (χ4n) is 1.16. The third-order valence-corrected chi connectivity index (χ3v) is 1.99. The van der Waals surface area contributed by atoms with Crippen LogP contribution < -0.4 is 0 Å². The lowest BCUT2D eigenvalue weighted by atomic mass is 10.2. The first-order valence-electron chi connectivity index (χ1n) is 3.45. The van der Waals surface area contributed by atoms with Crippen molar-refractivity contribution in [2.45, 2.75) is 0 Å². The number of rotatable bonds is 1. The smallest absolute Gasteiger partial charge is 0.201 e. The Balaban J connectivity index is 2.91. The van der Waals surface area contributed by atoms with Gasteiger partial charge in [-0.3, -0.25) is 4.79 Å². The SMILES string of the molecule is O=Cc1oc(Cl)c2ccccc12. The predicted molar refractivity (Wildman–Crippen MR) is 46.6 cm³/mol. The van der Waals surface area contributed by atoms with Gasteiger partial charge < -0.3 is 4.42 Å². The molecule has 0 atom stereocenters. The molecule has 0 bridgehead atoms. The summed E-state index contributed by atoms with van der Waals surface area (Å²) >= 11 is 5.73. The molecule has 0 aliphatic rings. The van der Waals surface area contributed by atoms with Crippen LogP contribution in [0.15, 0.2) is 28.7 Å². The van der Waals surface area contributed by atoms with Gasteiger partial charge in [0.25, 0.3) is 0 Å². The molecule has 0 unspecified atom stereocenters. The first-order valence-corrected chi connectivity index (χ1v) is 3.83. The van der Waals surface area contributed by atoms with Crippen LogP contribution in [0.1, 0.15) is 10.6 Å². The average Bonchev–Trinajstić information content (AvgIpc) is 2.44. The van der Waals surface area contributed by atoms with E-state index in [1.165, 1.54) is 0 Å². The maximum atomic E-state index is 10.5. The first kappa shape index (κ1) is 7.37. The molecule has 12 heavy (non-hydrogen) atoms. The molecule has 60 valence electrons. The number of carbonyl (C=O) groups excluding carboxylic acids is 1. The highest BCUT2D eigenvalue weighted by molar-refractivity contribution is 6.34. The number of hydrogen-bond acceptors (Lipinski definition) is 2. The molecule has 0 amide bonds. The molecule has 1 aromatic heterocycles. The topological polar surface area (TPSA) is 30.2 Å². The Labute approximate surface area is 73.7 Å². The van der Waals surface area contributed by atoms with Gasteiger partial charge in [-0.05, 0) is 17.7 Å². The lowest BCUT2D eigenvalue weighted by molar-refractivity contribution is 0.110. The summed E-state index contributed by atoms with van der Waals surface area (Å²) in [5, 5.41) is 1.81. The zero-order valence-corrected chi connectivity index (χ0v) is 6.84. The fraction of sp³-hybridized carbons (Fsp3) is 0. The molecule has 2 rings (SSSR count). The van der Waals surface area contributed by atoms with Gasteiger partial charge in [0.2, 0.25) is 5.22 Å². The molecular formula is C9H5ClO2. The number of benzene rings is 1. The van der Waals surface area contributed by atoms with Crippen molar-refractivity contribution in [3.63, 3.8) is 0 Å². The molecule has 0 saturated carbocycles. The number of furan rings is 1. The molecule has 0 fully saturated rings. The molecule has 2 aromatic rings. The molecule has 0 saturated heterocycles. The van der Waals surface area contributed by atoms with Crippen molar-refractivity contribution in [3.05, 3.63) is 35.2 Å². The lowest BCUT2D eigenvalue weighted by Gasteiger charge is -1.84. The summed E-state index contributed by atoms with van der Waals surface area (Å²) in [4.78, 5) is 10.5. The highest BCUT2D eigenvalue weighted by Crippen LogP contribution is 2.28. The van der Waals surface area contributed by atoms with Crippen molar-refractivity contribution < 1.29 is 9.21 Å². The van der Waals surface area contributed by atoms with E-state index >= 15 is 0 Å². The summed E-state index contributed by atoms with van der Waals surface area (Å²) in [7, 11) is 0. The van der Waals surface area contributed by atoms with Crippen molar-refractivity contribution in [1.29, 1.82) is 0 Å². The normalized spacial score (nSPS) is 10.4. The van der Waals surface area contributed by atoms with Gasteiger partial charge in [0.15, 0.2) is 12.0 Å². The summed E-state index contributed by atoms with van der Waals surface area (Å²) in [6, 6.07) is 7.29. The summed E-state index contributed by atoms with van der Waals surface area (Å²) in [5.74, 6) is 0.288. The van der Waals surface area contributed by atoms with E-state index in [2.05, 4.69) is 0 Å². The molecule has 0 N–H and O–H groups in total. The van der Waals surface area contributed by atoms with Gasteiger partial charge in [0.1, 0.15) is 0 Å². The number of aldehydes is 1. The maximum Gasteiger partial charge on any atom is 0.201 e. The van der Waals surface area contributed by atoms with Crippen LogP contribution in [-0.2, 0) is 0 Å². The van der Waals surface area contributed by atoms with Gasteiger partial charge in [-0.2, -0.15) is 0 Å². The predicted octanol–water partition coefficient (Wildman–Crippen LogP) is 2.90. The van der Waals surface area contributed by atoms with Gasteiger partial charge in [0, 0.05) is 10.8 Å². The molecule has 0 aliphatic carbocycles. The highest BCUT2D eigenvalue weighted by atomic mass is 35.5. The Kier molecular flexibility index (Phi) is 1.62. The van der Waals surface area contributed by atoms with Gasteiger partial charge in [0.05, 0.1) is 0 Å². The van der Waals surface area contributed by atoms with Crippen LogP contribution in [0.4, 0.5) is 0 Å². The Hall–Kier alpha value is -1.28. The Morgan fingerprint density at radius 2 is 1.92 bits per heavy atom. The van der Waals surface area contributed by atoms with Crippen LogP contribution in [-0.4, -0.2) is 6.29 Å². The van der Waals surface area contributed by atoms with Crippen LogP contribution in [0.2, 0.25) is 5.22 Å². The van der Waals surface area contributed by atoms with Crippen molar-refractivity contribution >= 4 is 28.7 Å². The Morgan fingerprint density at radius 3 is 2.58 bits per heavy atom. The van der Waals surface area contributed by atoms with Gasteiger partial charge in [-0.1, -0.05) is 18.2 Å². The summed E-state index contributed by atoms with van der Waals surface area (Å²) in [6.45, 7) is 0. The van der Waals surface area contributed by atoms with E-state index in [4.69, 9.17) is 16.0 Å². The van der Waals surface area contributed by atoms with Crippen LogP contribution in [0.25, 0.3) is 10.8 Å². The van der Waals surface area contributed by atoms with Crippen molar-refractivity contribution in [1.82, 2.24) is 0 Å². The molecule has 3 heteroatoms. The third kappa shape index (κ3) is 0.924. The zero-order chi connectivity index (χ0) is 8.55. The quantitative estimate of drug-likeness (QED) is 0.632. The Morgan fingerprint density at radius 1 is 1.25 bits per heavy atom. The van der Waals surface area contributed by atoms with Crippen LogP contribution >= 0.6 is 11.6 Å². The standard InChI is InChI=1S/C9H5ClO2/c10-9-7-4-2-1-3-6(7)8(5-11)12-9/h1-5H. The average molecular weight is 181 g/mol. The second-order valence-corrected chi connectivity index (χ2v) is 2.75. The minimum Gasteiger partial charge on any atom is -0.441 e. The molecule has 0 radical (unpaired) electrons. The van der Waals surface area contributed by atoms with Gasteiger partial charge in [-0.25, -0.2) is 0 Å². The summed E-state index contributed by atoms with van der Waals surface area (Å²) in [6.07, 6.45) is 0.661.